The fraction of sp³-hybridized carbons (Fsp3) is 0.0323. The number of hydrogen-bond acceptors (Lipinski definition) is 2. The molecule has 3 aliphatic carbocycles. The standard InChI is InChI=1S/C93H60O2/c1-5-23-60(24-6-1)70-49-71(61-25-7-2-8-26-61)52-74(51-70)66-33-19-31-64(47-66)68-35-21-37-76(55-68)92(77-38-22-36-69(56-77)65-32-20-34-67(48-65)75-53-72(62-27-9-3-10-28-62)50-73(54-75)63-29-11-4-12-30-63)85-45-46-86-90(91(85)81-57-88-89(58-87(81)92)95-59-94-88)80-41-15-18-44-84(80)93(86)82-42-16-13-39-78(82)79-40-14-17-43-83(79)93/h1-58H,59H2. The van der Waals surface area contributed by atoms with Crippen molar-refractivity contribution in [1.82, 2.24) is 0 Å². The van der Waals surface area contributed by atoms with Crippen LogP contribution in [0.3, 0.4) is 0 Å². The lowest BCUT2D eigenvalue weighted by molar-refractivity contribution is 0.174. The maximum Gasteiger partial charge on any atom is 0.231 e. The SMILES string of the molecule is c1ccc(-c2cc(-c3ccccc3)cc(-c3cccc(-c4cccc(C5(c6cccc(-c7cccc(-c8cc(-c9ccccc9)cc(-c9ccccc9)c8)c7)c6)c6cc7c(cc6-c6c5ccc5c6-c6ccccc6C56c5ccccc5-c5ccccc56)OCO7)c4)c3)c2)cc1. The van der Waals surface area contributed by atoms with Gasteiger partial charge in [0, 0.05) is 0 Å². The molecule has 4 aliphatic rings. The van der Waals surface area contributed by atoms with E-state index in [2.05, 4.69) is 352 Å². The summed E-state index contributed by atoms with van der Waals surface area (Å²) >= 11 is 0. The molecule has 15 aromatic carbocycles. The molecule has 0 saturated heterocycles. The molecule has 2 nitrogen and oxygen atoms in total. The highest BCUT2D eigenvalue weighted by Crippen LogP contribution is 2.68. The zero-order chi connectivity index (χ0) is 62.6. The minimum atomic E-state index is -0.874. The molecule has 95 heavy (non-hydrogen) atoms. The first-order chi connectivity index (χ1) is 47.1. The third kappa shape index (κ3) is 8.51. The first-order valence-electron chi connectivity index (χ1n) is 32.9. The van der Waals surface area contributed by atoms with Crippen molar-refractivity contribution in [3.05, 3.63) is 396 Å². The molecule has 15 aromatic rings. The van der Waals surface area contributed by atoms with Gasteiger partial charge < -0.3 is 9.47 Å². The molecule has 0 aromatic heterocycles. The fourth-order valence-electron chi connectivity index (χ4n) is 16.6. The average Bonchev–Trinajstić information content (AvgIpc) is 1.49. The van der Waals surface area contributed by atoms with Crippen molar-refractivity contribution in [3.63, 3.8) is 0 Å². The van der Waals surface area contributed by atoms with Crippen LogP contribution in [0, 0.1) is 0 Å². The Morgan fingerprint density at radius 3 is 0.905 bits per heavy atom. The molecule has 1 aliphatic heterocycles. The van der Waals surface area contributed by atoms with Gasteiger partial charge in [0.2, 0.25) is 6.79 Å². The summed E-state index contributed by atoms with van der Waals surface area (Å²) < 4.78 is 13.0. The Morgan fingerprint density at radius 2 is 0.474 bits per heavy atom. The van der Waals surface area contributed by atoms with Gasteiger partial charge in [0.05, 0.1) is 10.8 Å². The van der Waals surface area contributed by atoms with Gasteiger partial charge in [-0.2, -0.15) is 0 Å². The van der Waals surface area contributed by atoms with Crippen molar-refractivity contribution in [2.24, 2.45) is 0 Å². The predicted octanol–water partition coefficient (Wildman–Crippen LogP) is 23.5. The van der Waals surface area contributed by atoms with Crippen LogP contribution in [-0.2, 0) is 10.8 Å². The van der Waals surface area contributed by atoms with E-state index in [1.807, 2.05) is 0 Å². The van der Waals surface area contributed by atoms with Gasteiger partial charge in [0.25, 0.3) is 0 Å². The molecular formula is C93H60O2. The third-order valence-electron chi connectivity index (χ3n) is 20.7. The van der Waals surface area contributed by atoms with E-state index in [1.165, 1.54) is 100 Å². The van der Waals surface area contributed by atoms with Crippen LogP contribution in [0.1, 0.15) is 44.5 Å². The lowest BCUT2D eigenvalue weighted by Gasteiger charge is -2.35. The highest BCUT2D eigenvalue weighted by atomic mass is 16.7. The van der Waals surface area contributed by atoms with Gasteiger partial charge in [-0.1, -0.05) is 279 Å². The van der Waals surface area contributed by atoms with Gasteiger partial charge in [-0.3, -0.25) is 0 Å². The lowest BCUT2D eigenvalue weighted by Crippen LogP contribution is -2.29. The molecule has 1 heterocycles. The van der Waals surface area contributed by atoms with Crippen molar-refractivity contribution < 1.29 is 9.47 Å². The smallest absolute Gasteiger partial charge is 0.231 e. The molecule has 1 spiro atoms. The Hall–Kier alpha value is -12.1. The van der Waals surface area contributed by atoms with Crippen molar-refractivity contribution in [2.75, 3.05) is 6.79 Å². The van der Waals surface area contributed by atoms with Crippen LogP contribution in [0.5, 0.6) is 11.5 Å². The van der Waals surface area contributed by atoms with E-state index in [9.17, 15) is 0 Å². The molecule has 19 rings (SSSR count). The van der Waals surface area contributed by atoms with Crippen molar-refractivity contribution >= 4 is 0 Å². The molecule has 0 unspecified atom stereocenters. The summed E-state index contributed by atoms with van der Waals surface area (Å²) in [5, 5.41) is 0. The van der Waals surface area contributed by atoms with Crippen LogP contribution in [0.2, 0.25) is 0 Å². The summed E-state index contributed by atoms with van der Waals surface area (Å²) in [6, 6.07) is 131. The first kappa shape index (κ1) is 54.6. The quantitative estimate of drug-likeness (QED) is 0.136. The Kier molecular flexibility index (Phi) is 12.5. The van der Waals surface area contributed by atoms with Gasteiger partial charge >= 0.3 is 0 Å². The highest BCUT2D eigenvalue weighted by Gasteiger charge is 2.56. The number of benzene rings is 15. The molecule has 0 saturated carbocycles. The summed E-state index contributed by atoms with van der Waals surface area (Å²) in [6.45, 7) is 0.157. The number of hydrogen-bond donors (Lipinski definition) is 0. The second-order valence-corrected chi connectivity index (χ2v) is 25.7. The lowest BCUT2D eigenvalue weighted by atomic mass is 9.66. The Morgan fingerprint density at radius 1 is 0.179 bits per heavy atom. The summed E-state index contributed by atoms with van der Waals surface area (Å²) in [7, 11) is 0. The van der Waals surface area contributed by atoms with E-state index in [1.54, 1.807) is 0 Å². The van der Waals surface area contributed by atoms with Gasteiger partial charge in [-0.15, -0.1) is 0 Å². The fourth-order valence-corrected chi connectivity index (χ4v) is 16.6. The second kappa shape index (κ2) is 21.8. The first-order valence-corrected chi connectivity index (χ1v) is 32.9. The third-order valence-corrected chi connectivity index (χ3v) is 20.7. The predicted molar refractivity (Wildman–Crippen MR) is 390 cm³/mol. The molecule has 0 radical (unpaired) electrons. The molecule has 2 heteroatoms. The number of ether oxygens (including phenoxy) is 2. The topological polar surface area (TPSA) is 18.5 Å². The molecule has 444 valence electrons. The minimum absolute atomic E-state index is 0.157. The van der Waals surface area contributed by atoms with Gasteiger partial charge in [0.15, 0.2) is 11.5 Å². The van der Waals surface area contributed by atoms with E-state index in [4.69, 9.17) is 9.47 Å². The highest BCUT2D eigenvalue weighted by molar-refractivity contribution is 6.05. The molecule has 0 bridgehead atoms. The summed E-state index contributed by atoms with van der Waals surface area (Å²) in [5.74, 6) is 1.51. The van der Waals surface area contributed by atoms with Crippen LogP contribution in [0.4, 0.5) is 0 Å². The molecule has 0 N–H and O–H groups in total. The van der Waals surface area contributed by atoms with Crippen LogP contribution in [-0.4, -0.2) is 6.79 Å². The van der Waals surface area contributed by atoms with Gasteiger partial charge in [0.1, 0.15) is 0 Å². The zero-order valence-electron chi connectivity index (χ0n) is 52.0. The van der Waals surface area contributed by atoms with E-state index in [0.717, 1.165) is 78.3 Å². The maximum absolute atomic E-state index is 6.51. The monoisotopic (exact) mass is 1210 g/mol. The van der Waals surface area contributed by atoms with E-state index in [-0.39, 0.29) is 6.79 Å². The Balaban J connectivity index is 0.839. The minimum Gasteiger partial charge on any atom is -0.454 e. The van der Waals surface area contributed by atoms with Gasteiger partial charge in [-0.05, 0) is 240 Å². The number of fused-ring (bicyclic) bond motifs is 15. The number of rotatable bonds is 10. The molecular weight excluding hydrogens is 1150 g/mol. The maximum atomic E-state index is 6.51. The largest absolute Gasteiger partial charge is 0.454 e. The van der Waals surface area contributed by atoms with E-state index >= 15 is 0 Å². The van der Waals surface area contributed by atoms with Crippen molar-refractivity contribution in [1.29, 1.82) is 0 Å². The van der Waals surface area contributed by atoms with E-state index < -0.39 is 10.8 Å². The normalized spacial score (nSPS) is 13.6. The molecule has 0 amide bonds. The Bertz CT molecular complexity index is 5190. The van der Waals surface area contributed by atoms with E-state index in [0.29, 0.717) is 0 Å². The van der Waals surface area contributed by atoms with Crippen LogP contribution in [0.25, 0.3) is 122 Å². The zero-order valence-corrected chi connectivity index (χ0v) is 52.0. The van der Waals surface area contributed by atoms with Crippen LogP contribution < -0.4 is 9.47 Å². The van der Waals surface area contributed by atoms with Crippen LogP contribution >= 0.6 is 0 Å². The molecule has 0 fully saturated rings. The van der Waals surface area contributed by atoms with Gasteiger partial charge in [-0.25, -0.2) is 0 Å². The van der Waals surface area contributed by atoms with Crippen LogP contribution in [0.15, 0.2) is 352 Å². The van der Waals surface area contributed by atoms with Crippen molar-refractivity contribution in [2.45, 2.75) is 10.8 Å². The average molecular weight is 1210 g/mol. The summed E-state index contributed by atoms with van der Waals surface area (Å²) in [5.41, 5.74) is 34.6. The summed E-state index contributed by atoms with van der Waals surface area (Å²) in [4.78, 5) is 0. The summed E-state index contributed by atoms with van der Waals surface area (Å²) in [6.07, 6.45) is 0. The molecule has 0 atom stereocenters. The second-order valence-electron chi connectivity index (χ2n) is 25.7. The Labute approximate surface area is 554 Å². The van der Waals surface area contributed by atoms with Crippen molar-refractivity contribution in [3.8, 4) is 134 Å².